The second-order valence-corrected chi connectivity index (χ2v) is 31.4. The molecule has 2 aliphatic heterocycles. The van der Waals surface area contributed by atoms with E-state index in [0.717, 1.165) is 6.42 Å². The molecule has 0 saturated carbocycles. The van der Waals surface area contributed by atoms with Crippen molar-refractivity contribution in [3.63, 3.8) is 0 Å². The van der Waals surface area contributed by atoms with Gasteiger partial charge in [0.15, 0.2) is 0 Å². The van der Waals surface area contributed by atoms with Gasteiger partial charge in [0.05, 0.1) is 12.5 Å². The quantitative estimate of drug-likeness (QED) is 0.0430. The van der Waals surface area contributed by atoms with Gasteiger partial charge < -0.3 is 4.74 Å². The van der Waals surface area contributed by atoms with E-state index in [0.29, 0.717) is 17.9 Å². The number of carbonyl (C=O) groups is 1. The summed E-state index contributed by atoms with van der Waals surface area (Å²) in [7, 11) is 0. The summed E-state index contributed by atoms with van der Waals surface area (Å²) in [6.07, 6.45) is 25.8. The minimum Gasteiger partial charge on any atom is -0.466 e. The van der Waals surface area contributed by atoms with Crippen molar-refractivity contribution in [3.8, 4) is 20.9 Å². The minimum absolute atomic E-state index is 0.00980. The molecule has 0 N–H and O–H groups in total. The van der Waals surface area contributed by atoms with Gasteiger partial charge in [-0.2, -0.15) is 0 Å². The van der Waals surface area contributed by atoms with Crippen LogP contribution >= 0.6 is 68.9 Å². The molecule has 7 rings (SSSR count). The monoisotopic (exact) mass is 1150 g/mol. The summed E-state index contributed by atoms with van der Waals surface area (Å²) in [5.74, 6) is 0.330. The number of benzene rings is 1. The largest absolute Gasteiger partial charge is 0.466 e. The Morgan fingerprint density at radius 1 is 0.618 bits per heavy atom. The van der Waals surface area contributed by atoms with Crippen molar-refractivity contribution in [2.24, 2.45) is 22.7 Å². The first kappa shape index (κ1) is 66.6. The van der Waals surface area contributed by atoms with Gasteiger partial charge in [-0.05, 0) is 90.7 Å². The second kappa shape index (κ2) is 32.5. The zero-order valence-electron chi connectivity index (χ0n) is 50.8. The van der Waals surface area contributed by atoms with E-state index in [2.05, 4.69) is 133 Å². The van der Waals surface area contributed by atoms with E-state index in [-0.39, 0.29) is 33.8 Å². The summed E-state index contributed by atoms with van der Waals surface area (Å²) in [5, 5.41) is 4.76. The zero-order chi connectivity index (χ0) is 56.2. The first-order valence-electron chi connectivity index (χ1n) is 29.9. The zero-order valence-corrected chi connectivity index (χ0v) is 55.7. The number of hydrogen-bond acceptors (Lipinski definition) is 8. The average Bonchev–Trinajstić information content (AvgIpc) is 4.23. The van der Waals surface area contributed by atoms with Gasteiger partial charge in [-0.1, -0.05) is 219 Å². The van der Waals surface area contributed by atoms with Crippen molar-refractivity contribution in [1.29, 1.82) is 0 Å². The van der Waals surface area contributed by atoms with Crippen molar-refractivity contribution < 1.29 is 13.9 Å². The molecule has 0 radical (unpaired) electrons. The third kappa shape index (κ3) is 20.3. The van der Waals surface area contributed by atoms with Crippen LogP contribution in [-0.2, 0) is 27.8 Å². The highest BCUT2D eigenvalue weighted by Gasteiger charge is 2.47. The Morgan fingerprint density at radius 2 is 1.09 bits per heavy atom. The topological polar surface area (TPSA) is 26.3 Å². The Bertz CT molecular complexity index is 2440. The molecule has 2 aliphatic rings. The Hall–Kier alpha value is -1.88. The van der Waals surface area contributed by atoms with Crippen LogP contribution in [0.5, 0.6) is 0 Å². The molecule has 0 spiro atoms. The first-order valence-corrected chi connectivity index (χ1v) is 34.9. The van der Waals surface area contributed by atoms with Gasteiger partial charge in [-0.25, -0.2) is 4.39 Å². The summed E-state index contributed by atoms with van der Waals surface area (Å²) in [4.78, 5) is 21.7. The highest BCUT2D eigenvalue weighted by molar-refractivity contribution is 8.13. The fraction of sp³-hybridized carbons (Fsp3) is 0.657. The van der Waals surface area contributed by atoms with Crippen molar-refractivity contribution >= 4 is 99.9 Å². The van der Waals surface area contributed by atoms with Crippen molar-refractivity contribution in [2.75, 3.05) is 6.61 Å². The van der Waals surface area contributed by atoms with Crippen LogP contribution < -0.4 is 0 Å². The lowest BCUT2D eigenvalue weighted by Gasteiger charge is -2.30. The number of rotatable bonds is 25. The van der Waals surface area contributed by atoms with Crippen molar-refractivity contribution in [1.82, 2.24) is 0 Å². The Kier molecular flexibility index (Phi) is 28.5. The molecule has 0 fully saturated rings. The fourth-order valence-electron chi connectivity index (χ4n) is 9.67. The molecule has 0 amide bonds. The van der Waals surface area contributed by atoms with Crippen LogP contribution in [0.2, 0.25) is 0 Å². The molecule has 76 heavy (non-hydrogen) atoms. The molecular formula is C67H103FO2S6. The lowest BCUT2D eigenvalue weighted by Crippen LogP contribution is -2.28. The standard InChI is InChI=1S/C48H61FS6.C12H24O2.C5H12.C2H6/c1-9-11-13-15-17-19-21-30-23-25-35(51-30)39-32-27-37(44-45-41(34(49)29-50-45)46(55-44)48(6,7)8)53-42(32)40(33-28-38(47(3,4)5)54-43(33)39)36-26-24-31(52-36)22-20-18-16-14-12-10-2;1-4-6-7-8-9-12(5-2)10-14-11(3)13;1-5(2,3)4;1-2/h23-29,41,46H,9-22H2,1-8H3;12H,4-10H2,1-3H3;1-4H3;1-2H3. The van der Waals surface area contributed by atoms with Gasteiger partial charge >= 0.3 is 5.97 Å². The highest BCUT2D eigenvalue weighted by Crippen LogP contribution is 2.64. The van der Waals surface area contributed by atoms with Gasteiger partial charge in [-0.3, -0.25) is 4.79 Å². The third-order valence-electron chi connectivity index (χ3n) is 13.9. The lowest BCUT2D eigenvalue weighted by molar-refractivity contribution is -0.142. The molecule has 4 aromatic heterocycles. The fourth-order valence-corrected chi connectivity index (χ4v) is 17.7. The molecule has 3 atom stereocenters. The molecule has 1 aromatic carbocycles. The van der Waals surface area contributed by atoms with Crippen molar-refractivity contribution in [3.05, 3.63) is 72.0 Å². The van der Waals surface area contributed by atoms with Gasteiger partial charge in [0.2, 0.25) is 0 Å². The van der Waals surface area contributed by atoms with Crippen LogP contribution in [0, 0.1) is 22.7 Å². The van der Waals surface area contributed by atoms with Crippen molar-refractivity contribution in [2.45, 2.75) is 257 Å². The van der Waals surface area contributed by atoms with Crippen LogP contribution in [0.3, 0.4) is 0 Å². The number of unbranched alkanes of at least 4 members (excludes halogenated alkanes) is 13. The van der Waals surface area contributed by atoms with Crippen LogP contribution in [0.25, 0.3) is 46.0 Å². The van der Waals surface area contributed by atoms with E-state index < -0.39 is 0 Å². The number of fused-ring (bicyclic) bond motifs is 3. The van der Waals surface area contributed by atoms with Gasteiger partial charge in [0.1, 0.15) is 5.83 Å². The Morgan fingerprint density at radius 3 is 1.57 bits per heavy atom. The predicted octanol–water partition coefficient (Wildman–Crippen LogP) is 25.3. The lowest BCUT2D eigenvalue weighted by atomic mass is 9.83. The summed E-state index contributed by atoms with van der Waals surface area (Å²) in [5.41, 5.74) is 3.39. The summed E-state index contributed by atoms with van der Waals surface area (Å²) < 4.78 is 23.4. The van der Waals surface area contributed by atoms with Crippen LogP contribution in [0.1, 0.15) is 253 Å². The van der Waals surface area contributed by atoms with Crippen LogP contribution in [-0.4, -0.2) is 17.8 Å². The third-order valence-corrected chi connectivity index (χ3v) is 22.2. The number of carbonyl (C=O) groups excluding carboxylic acids is 1. The normalized spacial score (nSPS) is 16.0. The second-order valence-electron chi connectivity index (χ2n) is 24.9. The summed E-state index contributed by atoms with van der Waals surface area (Å²) in [6, 6.07) is 14.7. The first-order chi connectivity index (χ1) is 36.1. The maximum absolute atomic E-state index is 15.5. The number of halogens is 1. The molecule has 2 nitrogen and oxygen atoms in total. The molecule has 3 unspecified atom stereocenters. The van der Waals surface area contributed by atoms with E-state index in [9.17, 15) is 4.79 Å². The van der Waals surface area contributed by atoms with E-state index >= 15 is 4.39 Å². The van der Waals surface area contributed by atoms with E-state index in [1.807, 2.05) is 71.0 Å². The maximum Gasteiger partial charge on any atom is 0.302 e. The number of esters is 1. The maximum atomic E-state index is 15.5. The van der Waals surface area contributed by atoms with E-state index in [1.165, 1.54) is 199 Å². The molecule has 426 valence electrons. The molecule has 9 heteroatoms. The molecule has 6 heterocycles. The Labute approximate surface area is 489 Å². The minimum atomic E-state index is -0.156. The SMILES string of the molecule is CC.CC(C)(C)C.CCCCCCC(CC)COC(C)=O.CCCCCCCCc1ccc(-c2c3cc(C(C)(C)C)sc3c(-c3ccc(CCCCCCCC)s3)c3cc(C4=C5SC=C(F)C5C(C(C)(C)C)S4)sc23)s1. The van der Waals surface area contributed by atoms with E-state index in [1.54, 1.807) is 17.2 Å². The van der Waals surface area contributed by atoms with Gasteiger partial charge in [-0.15, -0.1) is 57.1 Å². The van der Waals surface area contributed by atoms with Gasteiger partial charge in [0, 0.05) is 88.0 Å². The number of allylic oxidation sites excluding steroid dienone is 2. The number of thiophene rings is 4. The summed E-state index contributed by atoms with van der Waals surface area (Å²) in [6.45, 7) is 37.7. The highest BCUT2D eigenvalue weighted by atomic mass is 32.2. The smallest absolute Gasteiger partial charge is 0.302 e. The summed E-state index contributed by atoms with van der Waals surface area (Å²) >= 11 is 11.6. The van der Waals surface area contributed by atoms with Crippen LogP contribution in [0.15, 0.2) is 52.5 Å². The number of aryl methyl sites for hydroxylation is 2. The molecule has 0 bridgehead atoms. The molecular weight excluding hydrogens is 1050 g/mol. The Balaban J connectivity index is 0.000000503. The number of thioether (sulfide) groups is 2. The van der Waals surface area contributed by atoms with Gasteiger partial charge in [0.25, 0.3) is 0 Å². The average molecular weight is 1150 g/mol. The number of hydrogen-bond donors (Lipinski definition) is 0. The predicted molar refractivity (Wildman–Crippen MR) is 350 cm³/mol. The van der Waals surface area contributed by atoms with E-state index in [4.69, 9.17) is 4.74 Å². The molecule has 0 saturated heterocycles. The van der Waals surface area contributed by atoms with Crippen LogP contribution in [0.4, 0.5) is 4.39 Å². The molecule has 0 aliphatic carbocycles. The number of ether oxygens (including phenoxy) is 1. The molecule has 5 aromatic rings.